The van der Waals surface area contributed by atoms with E-state index in [9.17, 15) is 18.0 Å². The number of rotatable bonds is 7. The molecule has 1 fully saturated rings. The molecule has 8 nitrogen and oxygen atoms in total. The summed E-state index contributed by atoms with van der Waals surface area (Å²) in [4.78, 5) is 28.1. The largest absolute Gasteiger partial charge is 0.358 e. The molecule has 144 valence electrons. The van der Waals surface area contributed by atoms with E-state index in [2.05, 4.69) is 14.9 Å². The van der Waals surface area contributed by atoms with Crippen molar-refractivity contribution in [3.8, 4) is 0 Å². The van der Waals surface area contributed by atoms with Gasteiger partial charge in [0.05, 0.1) is 12.8 Å². The van der Waals surface area contributed by atoms with Crippen LogP contribution in [-0.4, -0.2) is 82.1 Å². The molecule has 1 aliphatic heterocycles. The summed E-state index contributed by atoms with van der Waals surface area (Å²) in [5, 5.41) is 2.65. The lowest BCUT2D eigenvalue weighted by atomic mass is 10.1. The summed E-state index contributed by atoms with van der Waals surface area (Å²) in [6.45, 7) is 1.70. The molecule has 2 amide bonds. The Labute approximate surface area is 154 Å². The number of likely N-dealkylation sites (N-methyl/N-ethyl adjacent to an activating group) is 1. The third-order valence-electron chi connectivity index (χ3n) is 4.41. The topological polar surface area (TPSA) is 98.8 Å². The fraction of sp³-hybridized carbons (Fsp3) is 0.529. The Balaban J connectivity index is 1.97. The van der Waals surface area contributed by atoms with Crippen molar-refractivity contribution in [1.82, 2.24) is 19.8 Å². The second-order valence-corrected chi connectivity index (χ2v) is 8.17. The first-order valence-electron chi connectivity index (χ1n) is 8.52. The van der Waals surface area contributed by atoms with Gasteiger partial charge >= 0.3 is 0 Å². The van der Waals surface area contributed by atoms with Crippen LogP contribution in [0.3, 0.4) is 0 Å². The van der Waals surface area contributed by atoms with Crippen molar-refractivity contribution in [1.29, 1.82) is 0 Å². The number of carbonyl (C=O) groups excluding carboxylic acids is 2. The van der Waals surface area contributed by atoms with Crippen molar-refractivity contribution in [3.63, 3.8) is 0 Å². The summed E-state index contributed by atoms with van der Waals surface area (Å²) in [5.74, 6) is -0.473. The third-order valence-corrected chi connectivity index (χ3v) is 5.08. The second kappa shape index (κ2) is 9.11. The van der Waals surface area contributed by atoms with Crippen molar-refractivity contribution in [2.75, 3.05) is 46.0 Å². The molecule has 1 aromatic rings. The maximum Gasteiger partial charge on any atom is 0.238 e. The van der Waals surface area contributed by atoms with Gasteiger partial charge in [0.1, 0.15) is 6.04 Å². The molecule has 0 radical (unpaired) electrons. The molecule has 1 unspecified atom stereocenters. The van der Waals surface area contributed by atoms with Crippen molar-refractivity contribution < 1.29 is 18.0 Å². The Morgan fingerprint density at radius 1 is 1.19 bits per heavy atom. The Bertz CT molecular complexity index is 724. The number of amides is 2. The molecule has 2 rings (SSSR count). The predicted octanol–water partition coefficient (Wildman–Crippen LogP) is -0.963. The minimum absolute atomic E-state index is 0.147. The first-order chi connectivity index (χ1) is 12.3. The molecule has 9 heteroatoms. The van der Waals surface area contributed by atoms with Gasteiger partial charge in [-0.05, 0) is 12.0 Å². The molecule has 0 saturated carbocycles. The molecule has 0 aromatic heterocycles. The maximum absolute atomic E-state index is 12.3. The number of nitrogens with zero attached hydrogens (tertiary/aromatic N) is 2. The molecule has 26 heavy (non-hydrogen) atoms. The zero-order chi connectivity index (χ0) is 19.2. The fourth-order valence-corrected chi connectivity index (χ4v) is 3.34. The van der Waals surface area contributed by atoms with Gasteiger partial charge in [0.2, 0.25) is 21.8 Å². The lowest BCUT2D eigenvalue weighted by molar-refractivity contribution is -0.137. The standard InChI is InChI=1S/C17H26N4O4S/c1-18-17(23)15-13-21(16(22)12-19-26(2,24)25)11-10-20(15)9-8-14-6-4-3-5-7-14/h3-7,15,19H,8-13H2,1-2H3,(H,18,23). The number of hydrogen-bond donors (Lipinski definition) is 2. The van der Waals surface area contributed by atoms with Crippen LogP contribution >= 0.6 is 0 Å². The van der Waals surface area contributed by atoms with Crippen LogP contribution < -0.4 is 10.0 Å². The van der Waals surface area contributed by atoms with E-state index in [0.717, 1.165) is 12.7 Å². The Hall–Kier alpha value is -1.97. The quantitative estimate of drug-likeness (QED) is 0.633. The monoisotopic (exact) mass is 382 g/mol. The highest BCUT2D eigenvalue weighted by Crippen LogP contribution is 2.12. The van der Waals surface area contributed by atoms with Gasteiger partial charge in [0, 0.05) is 33.2 Å². The van der Waals surface area contributed by atoms with Gasteiger partial charge in [0.25, 0.3) is 0 Å². The van der Waals surface area contributed by atoms with E-state index in [1.54, 1.807) is 7.05 Å². The van der Waals surface area contributed by atoms with Crippen LogP contribution in [-0.2, 0) is 26.0 Å². The van der Waals surface area contributed by atoms with Crippen LogP contribution in [0, 0.1) is 0 Å². The van der Waals surface area contributed by atoms with Crippen molar-refractivity contribution >= 4 is 21.8 Å². The molecule has 1 aromatic carbocycles. The van der Waals surface area contributed by atoms with E-state index in [1.807, 2.05) is 30.3 Å². The number of hydrogen-bond acceptors (Lipinski definition) is 5. The average Bonchev–Trinajstić information content (AvgIpc) is 2.64. The van der Waals surface area contributed by atoms with Gasteiger partial charge in [0.15, 0.2) is 0 Å². The van der Waals surface area contributed by atoms with Crippen LogP contribution in [0.4, 0.5) is 0 Å². The van der Waals surface area contributed by atoms with Crippen molar-refractivity contribution in [2.45, 2.75) is 12.5 Å². The summed E-state index contributed by atoms with van der Waals surface area (Å²) in [5.41, 5.74) is 1.19. The molecule has 2 N–H and O–H groups in total. The van der Waals surface area contributed by atoms with Crippen LogP contribution in [0.5, 0.6) is 0 Å². The van der Waals surface area contributed by atoms with Gasteiger partial charge in [-0.3, -0.25) is 14.5 Å². The van der Waals surface area contributed by atoms with Crippen molar-refractivity contribution in [2.24, 2.45) is 0 Å². The van der Waals surface area contributed by atoms with Crippen LogP contribution in [0.2, 0.25) is 0 Å². The predicted molar refractivity (Wildman–Crippen MR) is 99.0 cm³/mol. The lowest BCUT2D eigenvalue weighted by Gasteiger charge is -2.40. The molecule has 1 heterocycles. The van der Waals surface area contributed by atoms with Crippen LogP contribution in [0.1, 0.15) is 5.56 Å². The van der Waals surface area contributed by atoms with Gasteiger partial charge < -0.3 is 10.2 Å². The third kappa shape index (κ3) is 6.08. The second-order valence-electron chi connectivity index (χ2n) is 6.33. The molecule has 0 spiro atoms. The minimum atomic E-state index is -3.43. The van der Waals surface area contributed by atoms with Crippen LogP contribution in [0.25, 0.3) is 0 Å². The Kier molecular flexibility index (Phi) is 7.13. The van der Waals surface area contributed by atoms with E-state index in [0.29, 0.717) is 19.6 Å². The zero-order valence-electron chi connectivity index (χ0n) is 15.1. The summed E-state index contributed by atoms with van der Waals surface area (Å²) in [7, 11) is -1.86. The van der Waals surface area contributed by atoms with E-state index in [1.165, 1.54) is 10.5 Å². The van der Waals surface area contributed by atoms with E-state index >= 15 is 0 Å². The maximum atomic E-state index is 12.3. The van der Waals surface area contributed by atoms with Gasteiger partial charge in [-0.2, -0.15) is 0 Å². The van der Waals surface area contributed by atoms with E-state index < -0.39 is 16.1 Å². The molecule has 0 aliphatic carbocycles. The molecule has 1 saturated heterocycles. The molecular formula is C17H26N4O4S. The van der Waals surface area contributed by atoms with E-state index in [4.69, 9.17) is 0 Å². The molecule has 1 atom stereocenters. The SMILES string of the molecule is CNC(=O)C1CN(C(=O)CNS(C)(=O)=O)CCN1CCc1ccccc1. The van der Waals surface area contributed by atoms with Gasteiger partial charge in [-0.15, -0.1) is 0 Å². The number of nitrogens with one attached hydrogen (secondary N) is 2. The average molecular weight is 382 g/mol. The summed E-state index contributed by atoms with van der Waals surface area (Å²) in [6, 6.07) is 9.58. The smallest absolute Gasteiger partial charge is 0.238 e. The molecular weight excluding hydrogens is 356 g/mol. The Morgan fingerprint density at radius 3 is 2.50 bits per heavy atom. The minimum Gasteiger partial charge on any atom is -0.358 e. The number of carbonyl (C=O) groups is 2. The fourth-order valence-electron chi connectivity index (χ4n) is 2.95. The summed E-state index contributed by atoms with van der Waals surface area (Å²) < 4.78 is 24.5. The highest BCUT2D eigenvalue weighted by molar-refractivity contribution is 7.88. The number of benzene rings is 1. The normalized spacial score (nSPS) is 18.5. The zero-order valence-corrected chi connectivity index (χ0v) is 16.0. The lowest BCUT2D eigenvalue weighted by Crippen LogP contribution is -2.60. The highest BCUT2D eigenvalue weighted by Gasteiger charge is 2.33. The Morgan fingerprint density at radius 2 is 1.88 bits per heavy atom. The number of sulfonamides is 1. The van der Waals surface area contributed by atoms with Gasteiger partial charge in [-0.1, -0.05) is 30.3 Å². The van der Waals surface area contributed by atoms with Gasteiger partial charge in [-0.25, -0.2) is 13.1 Å². The molecule has 1 aliphatic rings. The first kappa shape index (κ1) is 20.3. The number of piperazine rings is 1. The summed E-state index contributed by atoms with van der Waals surface area (Å²) in [6.07, 6.45) is 1.83. The van der Waals surface area contributed by atoms with E-state index in [-0.39, 0.29) is 24.9 Å². The molecule has 0 bridgehead atoms. The summed E-state index contributed by atoms with van der Waals surface area (Å²) >= 11 is 0. The first-order valence-corrected chi connectivity index (χ1v) is 10.4. The highest BCUT2D eigenvalue weighted by atomic mass is 32.2. The van der Waals surface area contributed by atoms with Crippen LogP contribution in [0.15, 0.2) is 30.3 Å². The van der Waals surface area contributed by atoms with Crippen molar-refractivity contribution in [3.05, 3.63) is 35.9 Å².